The second-order valence-corrected chi connectivity index (χ2v) is 16.6. The van der Waals surface area contributed by atoms with E-state index in [1.807, 2.05) is 6.07 Å². The number of rotatable bonds is 13. The number of methoxy groups -OCH3 is 4. The molecule has 3 N–H and O–H groups in total. The van der Waals surface area contributed by atoms with Crippen LogP contribution in [0.3, 0.4) is 0 Å². The van der Waals surface area contributed by atoms with Gasteiger partial charge in [0.2, 0.25) is 11.7 Å². The minimum Gasteiger partial charge on any atom is -0.493 e. The standard InChI is InChI=1S/C42H47N3O8S2/c1-24(37(46)45-40-35(41(49)53-8)30-18-17-27(42(2,3)4)22-34(30)55-40)54-29-16-12-15-28(23-29)43-39(48)31(44-38(47)26-13-10-9-11-14-26)19-25-20-32(50-5)36(52-7)33(21-25)51-6/h9-16,19-21,23-24,27H,17-18,22H2,1-8H3,(H,43,48)(H,44,47)(H,45,46)/b31-19+. The number of esters is 1. The highest BCUT2D eigenvalue weighted by Crippen LogP contribution is 2.45. The van der Waals surface area contributed by atoms with Crippen LogP contribution in [-0.4, -0.2) is 57.4 Å². The van der Waals surface area contributed by atoms with Crippen molar-refractivity contribution in [2.24, 2.45) is 11.3 Å². The maximum Gasteiger partial charge on any atom is 0.341 e. The molecule has 5 rings (SSSR count). The summed E-state index contributed by atoms with van der Waals surface area (Å²) in [4.78, 5) is 55.4. The van der Waals surface area contributed by atoms with Crippen LogP contribution in [0.4, 0.5) is 10.7 Å². The van der Waals surface area contributed by atoms with E-state index in [0.29, 0.717) is 50.5 Å². The van der Waals surface area contributed by atoms with Crippen molar-refractivity contribution in [1.82, 2.24) is 5.32 Å². The number of amides is 3. The maximum absolute atomic E-state index is 13.8. The largest absolute Gasteiger partial charge is 0.493 e. The Labute approximate surface area is 330 Å². The molecular formula is C42H47N3O8S2. The van der Waals surface area contributed by atoms with Gasteiger partial charge in [-0.1, -0.05) is 45.0 Å². The summed E-state index contributed by atoms with van der Waals surface area (Å²) >= 11 is 2.76. The van der Waals surface area contributed by atoms with Crippen LogP contribution in [0.25, 0.3) is 6.08 Å². The van der Waals surface area contributed by atoms with Crippen LogP contribution in [0, 0.1) is 11.3 Å². The van der Waals surface area contributed by atoms with Crippen LogP contribution in [0.15, 0.2) is 77.3 Å². The molecular weight excluding hydrogens is 739 g/mol. The van der Waals surface area contributed by atoms with Gasteiger partial charge in [-0.3, -0.25) is 14.4 Å². The van der Waals surface area contributed by atoms with Crippen molar-refractivity contribution in [1.29, 1.82) is 0 Å². The Bertz CT molecular complexity index is 2060. The van der Waals surface area contributed by atoms with Crippen molar-refractivity contribution >= 4 is 63.6 Å². The molecule has 3 aromatic carbocycles. The predicted octanol–water partition coefficient (Wildman–Crippen LogP) is 8.24. The number of thioether (sulfide) groups is 1. The van der Waals surface area contributed by atoms with E-state index >= 15 is 0 Å². The van der Waals surface area contributed by atoms with Crippen LogP contribution in [0.2, 0.25) is 0 Å². The van der Waals surface area contributed by atoms with Gasteiger partial charge in [0, 0.05) is 21.0 Å². The van der Waals surface area contributed by atoms with Gasteiger partial charge < -0.3 is 34.9 Å². The fraction of sp³-hybridized carbons (Fsp3) is 0.333. The minimum atomic E-state index is -0.586. The summed E-state index contributed by atoms with van der Waals surface area (Å²) in [5, 5.41) is 8.58. The fourth-order valence-electron chi connectivity index (χ4n) is 6.34. The molecule has 1 heterocycles. The molecule has 2 atom stereocenters. The molecule has 290 valence electrons. The van der Waals surface area contributed by atoms with Gasteiger partial charge in [-0.2, -0.15) is 0 Å². The molecule has 0 aliphatic heterocycles. The van der Waals surface area contributed by atoms with Gasteiger partial charge in [0.1, 0.15) is 10.7 Å². The van der Waals surface area contributed by atoms with Crippen LogP contribution >= 0.6 is 23.1 Å². The Morgan fingerprint density at radius 2 is 1.58 bits per heavy atom. The molecule has 0 saturated heterocycles. The maximum atomic E-state index is 13.8. The number of nitrogens with one attached hydrogen (secondary N) is 3. The monoisotopic (exact) mass is 785 g/mol. The molecule has 0 spiro atoms. The van der Waals surface area contributed by atoms with E-state index in [1.54, 1.807) is 67.6 Å². The third-order valence-corrected chi connectivity index (χ3v) is 11.7. The highest BCUT2D eigenvalue weighted by atomic mass is 32.2. The molecule has 13 heteroatoms. The van der Waals surface area contributed by atoms with Gasteiger partial charge in [0.25, 0.3) is 11.8 Å². The zero-order valence-electron chi connectivity index (χ0n) is 32.3. The van der Waals surface area contributed by atoms with Crippen LogP contribution in [-0.2, 0) is 27.2 Å². The Morgan fingerprint density at radius 1 is 0.891 bits per heavy atom. The molecule has 2 unspecified atom stereocenters. The van der Waals surface area contributed by atoms with E-state index in [1.165, 1.54) is 57.6 Å². The van der Waals surface area contributed by atoms with E-state index in [0.717, 1.165) is 34.6 Å². The van der Waals surface area contributed by atoms with Crippen molar-refractivity contribution in [3.63, 3.8) is 0 Å². The van der Waals surface area contributed by atoms with E-state index in [9.17, 15) is 19.2 Å². The number of anilines is 2. The molecule has 0 fully saturated rings. The summed E-state index contributed by atoms with van der Waals surface area (Å²) in [5.74, 6) is -0.188. The van der Waals surface area contributed by atoms with E-state index in [-0.39, 0.29) is 17.0 Å². The number of benzene rings is 3. The summed E-state index contributed by atoms with van der Waals surface area (Å²) in [5.41, 5.74) is 2.82. The smallest absolute Gasteiger partial charge is 0.341 e. The number of carbonyl (C=O) groups is 4. The Morgan fingerprint density at radius 3 is 2.20 bits per heavy atom. The molecule has 0 bridgehead atoms. The summed E-state index contributed by atoms with van der Waals surface area (Å²) < 4.78 is 21.5. The predicted molar refractivity (Wildman–Crippen MR) is 218 cm³/mol. The number of thiophene rings is 1. The van der Waals surface area contributed by atoms with E-state index in [2.05, 4.69) is 36.7 Å². The third kappa shape index (κ3) is 9.89. The van der Waals surface area contributed by atoms with Crippen molar-refractivity contribution in [3.05, 3.63) is 99.6 Å². The van der Waals surface area contributed by atoms with Gasteiger partial charge in [0.15, 0.2) is 11.5 Å². The zero-order valence-corrected chi connectivity index (χ0v) is 33.9. The average Bonchev–Trinajstić information content (AvgIpc) is 3.53. The number of ether oxygens (including phenoxy) is 4. The number of fused-ring (bicyclic) bond motifs is 1. The minimum absolute atomic E-state index is 0.0391. The summed E-state index contributed by atoms with van der Waals surface area (Å²) in [7, 11) is 5.82. The molecule has 1 aliphatic carbocycles. The van der Waals surface area contributed by atoms with Crippen molar-refractivity contribution in [2.45, 2.75) is 57.1 Å². The van der Waals surface area contributed by atoms with Crippen LogP contribution in [0.1, 0.15) is 70.8 Å². The number of hydrogen-bond donors (Lipinski definition) is 3. The molecule has 0 radical (unpaired) electrons. The lowest BCUT2D eigenvalue weighted by atomic mass is 9.72. The first-order chi connectivity index (χ1) is 26.3. The Balaban J connectivity index is 1.34. The first-order valence-corrected chi connectivity index (χ1v) is 19.5. The Hall–Kier alpha value is -5.27. The molecule has 3 amide bonds. The molecule has 0 saturated carbocycles. The lowest BCUT2D eigenvalue weighted by Crippen LogP contribution is -2.30. The topological polar surface area (TPSA) is 141 Å². The lowest BCUT2D eigenvalue weighted by Gasteiger charge is -2.33. The van der Waals surface area contributed by atoms with Crippen molar-refractivity contribution in [2.75, 3.05) is 39.1 Å². The van der Waals surface area contributed by atoms with Crippen LogP contribution < -0.4 is 30.2 Å². The second kappa shape index (κ2) is 17.9. The van der Waals surface area contributed by atoms with Crippen molar-refractivity contribution < 1.29 is 38.1 Å². The zero-order chi connectivity index (χ0) is 39.9. The lowest BCUT2D eigenvalue weighted by molar-refractivity contribution is -0.115. The highest BCUT2D eigenvalue weighted by molar-refractivity contribution is 8.00. The van der Waals surface area contributed by atoms with Crippen LogP contribution in [0.5, 0.6) is 17.2 Å². The highest BCUT2D eigenvalue weighted by Gasteiger charge is 2.35. The first-order valence-electron chi connectivity index (χ1n) is 17.8. The summed E-state index contributed by atoms with van der Waals surface area (Å²) in [6, 6.07) is 18.9. The molecule has 1 aromatic heterocycles. The second-order valence-electron chi connectivity index (χ2n) is 14.1. The van der Waals surface area contributed by atoms with Gasteiger partial charge in [-0.15, -0.1) is 23.1 Å². The van der Waals surface area contributed by atoms with Gasteiger partial charge in [0.05, 0.1) is 39.3 Å². The SMILES string of the molecule is COC(=O)c1c(NC(=O)C(C)Sc2cccc(NC(=O)/C(=C\c3cc(OC)c(OC)c(OC)c3)NC(=O)c3ccccc3)c2)sc2c1CCC(C(C)(C)C)C2. The van der Waals surface area contributed by atoms with Gasteiger partial charge >= 0.3 is 5.97 Å². The normalized spacial score (nSPS) is 14.5. The molecule has 55 heavy (non-hydrogen) atoms. The third-order valence-electron chi connectivity index (χ3n) is 9.42. The summed E-state index contributed by atoms with van der Waals surface area (Å²) in [6.07, 6.45) is 4.08. The van der Waals surface area contributed by atoms with E-state index < -0.39 is 23.0 Å². The first kappa shape index (κ1) is 40.9. The van der Waals surface area contributed by atoms with E-state index in [4.69, 9.17) is 18.9 Å². The molecule has 1 aliphatic rings. The van der Waals surface area contributed by atoms with Crippen molar-refractivity contribution in [3.8, 4) is 17.2 Å². The average molecular weight is 786 g/mol. The summed E-state index contributed by atoms with van der Waals surface area (Å²) in [6.45, 7) is 8.48. The van der Waals surface area contributed by atoms with Gasteiger partial charge in [-0.25, -0.2) is 4.79 Å². The van der Waals surface area contributed by atoms with Gasteiger partial charge in [-0.05, 0) is 97.2 Å². The fourth-order valence-corrected chi connectivity index (χ4v) is 8.59. The Kier molecular flexibility index (Phi) is 13.3. The quantitative estimate of drug-likeness (QED) is 0.0695. The molecule has 4 aromatic rings. The number of hydrogen-bond acceptors (Lipinski definition) is 10. The number of carbonyl (C=O) groups excluding carboxylic acids is 4. The molecule has 11 nitrogen and oxygen atoms in total.